The standard InChI is InChI=1S/C13H16N2O5S2/c1-8-5-11(21(4,16)17)10(3)12(6-8)22(18,19)15-13-7-9(2)20-14-13/h5-7H,1-4H3,(H,14,15). The molecule has 2 rings (SSSR count). The third-order valence-electron chi connectivity index (χ3n) is 3.01. The molecule has 7 nitrogen and oxygen atoms in total. The molecule has 0 amide bonds. The van der Waals surface area contributed by atoms with Crippen LogP contribution in [-0.4, -0.2) is 28.2 Å². The van der Waals surface area contributed by atoms with Crippen molar-refractivity contribution < 1.29 is 21.4 Å². The molecule has 2 aromatic rings. The van der Waals surface area contributed by atoms with Crippen LogP contribution in [0.4, 0.5) is 5.82 Å². The second kappa shape index (κ2) is 5.40. The van der Waals surface area contributed by atoms with Crippen molar-refractivity contribution in [3.63, 3.8) is 0 Å². The van der Waals surface area contributed by atoms with Crippen molar-refractivity contribution in [1.82, 2.24) is 5.16 Å². The molecule has 0 radical (unpaired) electrons. The summed E-state index contributed by atoms with van der Waals surface area (Å²) >= 11 is 0. The van der Waals surface area contributed by atoms with Gasteiger partial charge in [-0.15, -0.1) is 0 Å². The van der Waals surface area contributed by atoms with Crippen molar-refractivity contribution >= 4 is 25.7 Å². The van der Waals surface area contributed by atoms with Gasteiger partial charge in [-0.3, -0.25) is 4.72 Å². The Bertz CT molecular complexity index is 927. The summed E-state index contributed by atoms with van der Waals surface area (Å²) in [7, 11) is -7.51. The van der Waals surface area contributed by atoms with Crippen molar-refractivity contribution in [3.05, 3.63) is 35.1 Å². The van der Waals surface area contributed by atoms with Gasteiger partial charge in [0, 0.05) is 12.3 Å². The van der Waals surface area contributed by atoms with Crippen LogP contribution in [0.15, 0.2) is 32.5 Å². The predicted molar refractivity (Wildman–Crippen MR) is 81.1 cm³/mol. The molecule has 0 aliphatic heterocycles. The second-order valence-electron chi connectivity index (χ2n) is 5.09. The average molecular weight is 344 g/mol. The molecule has 1 N–H and O–H groups in total. The zero-order chi connectivity index (χ0) is 16.7. The maximum Gasteiger partial charge on any atom is 0.263 e. The van der Waals surface area contributed by atoms with Gasteiger partial charge in [0.25, 0.3) is 10.0 Å². The molecule has 0 spiro atoms. The Labute approximate surface area is 129 Å². The highest BCUT2D eigenvalue weighted by Gasteiger charge is 2.24. The summed E-state index contributed by atoms with van der Waals surface area (Å²) in [6, 6.07) is 4.30. The number of hydrogen-bond donors (Lipinski definition) is 1. The monoisotopic (exact) mass is 344 g/mol. The van der Waals surface area contributed by atoms with Crippen molar-refractivity contribution in [2.24, 2.45) is 0 Å². The molecular formula is C13H16N2O5S2. The van der Waals surface area contributed by atoms with Gasteiger partial charge in [-0.2, -0.15) is 0 Å². The van der Waals surface area contributed by atoms with Crippen LogP contribution in [0.25, 0.3) is 0 Å². The van der Waals surface area contributed by atoms with Crippen LogP contribution in [0.5, 0.6) is 0 Å². The van der Waals surface area contributed by atoms with Crippen LogP contribution in [0.3, 0.4) is 0 Å². The lowest BCUT2D eigenvalue weighted by atomic mass is 10.2. The fraction of sp³-hybridized carbons (Fsp3) is 0.308. The quantitative estimate of drug-likeness (QED) is 0.906. The minimum absolute atomic E-state index is 0.00999. The van der Waals surface area contributed by atoms with Gasteiger partial charge in [-0.25, -0.2) is 16.8 Å². The van der Waals surface area contributed by atoms with Crippen LogP contribution >= 0.6 is 0 Å². The number of sulfone groups is 1. The minimum Gasteiger partial charge on any atom is -0.360 e. The summed E-state index contributed by atoms with van der Waals surface area (Å²) in [6.07, 6.45) is 1.04. The van der Waals surface area contributed by atoms with Gasteiger partial charge in [-0.1, -0.05) is 5.16 Å². The molecule has 22 heavy (non-hydrogen) atoms. The van der Waals surface area contributed by atoms with Crippen molar-refractivity contribution in [2.75, 3.05) is 11.0 Å². The largest absolute Gasteiger partial charge is 0.360 e. The van der Waals surface area contributed by atoms with E-state index in [4.69, 9.17) is 4.52 Å². The fourth-order valence-electron chi connectivity index (χ4n) is 2.06. The molecule has 1 aromatic heterocycles. The van der Waals surface area contributed by atoms with Crippen molar-refractivity contribution in [1.29, 1.82) is 0 Å². The van der Waals surface area contributed by atoms with Crippen molar-refractivity contribution in [3.8, 4) is 0 Å². The second-order valence-corrected chi connectivity index (χ2v) is 8.72. The Morgan fingerprint density at radius 3 is 2.09 bits per heavy atom. The molecule has 1 aromatic carbocycles. The minimum atomic E-state index is -3.97. The summed E-state index contributed by atoms with van der Waals surface area (Å²) in [5.74, 6) is 0.495. The first-order valence-corrected chi connectivity index (χ1v) is 9.65. The maximum absolute atomic E-state index is 12.5. The highest BCUT2D eigenvalue weighted by molar-refractivity contribution is 7.93. The van der Waals surface area contributed by atoms with E-state index in [1.165, 1.54) is 25.1 Å². The number of rotatable bonds is 4. The van der Waals surface area contributed by atoms with Crippen LogP contribution in [0.2, 0.25) is 0 Å². The zero-order valence-corrected chi connectivity index (χ0v) is 14.2. The smallest absolute Gasteiger partial charge is 0.263 e. The van der Waals surface area contributed by atoms with Gasteiger partial charge >= 0.3 is 0 Å². The van der Waals surface area contributed by atoms with E-state index in [1.54, 1.807) is 13.8 Å². The van der Waals surface area contributed by atoms with Gasteiger partial charge in [0.2, 0.25) is 0 Å². The molecule has 0 unspecified atom stereocenters. The molecule has 1 heterocycles. The lowest BCUT2D eigenvalue weighted by Gasteiger charge is -2.12. The number of sulfonamides is 1. The lowest BCUT2D eigenvalue weighted by molar-refractivity contribution is 0.400. The molecule has 0 saturated carbocycles. The number of anilines is 1. The Hall–Kier alpha value is -1.87. The third kappa shape index (κ3) is 3.30. The maximum atomic E-state index is 12.5. The Morgan fingerprint density at radius 1 is 1.00 bits per heavy atom. The zero-order valence-electron chi connectivity index (χ0n) is 12.5. The molecule has 0 aliphatic carbocycles. The topological polar surface area (TPSA) is 106 Å². The van der Waals surface area contributed by atoms with E-state index in [9.17, 15) is 16.8 Å². The molecule has 0 saturated heterocycles. The van der Waals surface area contributed by atoms with E-state index < -0.39 is 19.9 Å². The SMILES string of the molecule is Cc1cc(S(C)(=O)=O)c(C)c(S(=O)(=O)Nc2cc(C)on2)c1. The summed E-state index contributed by atoms with van der Waals surface area (Å²) in [5.41, 5.74) is 0.698. The first-order valence-electron chi connectivity index (χ1n) is 6.28. The van der Waals surface area contributed by atoms with E-state index in [2.05, 4.69) is 9.88 Å². The van der Waals surface area contributed by atoms with E-state index in [0.717, 1.165) is 6.26 Å². The lowest BCUT2D eigenvalue weighted by Crippen LogP contribution is -2.16. The average Bonchev–Trinajstić information content (AvgIpc) is 2.75. The summed E-state index contributed by atoms with van der Waals surface area (Å²) in [6.45, 7) is 4.72. The van der Waals surface area contributed by atoms with Gasteiger partial charge in [-0.05, 0) is 44.0 Å². The first kappa shape index (κ1) is 16.5. The molecule has 9 heteroatoms. The number of hydrogen-bond acceptors (Lipinski definition) is 6. The molecule has 0 bridgehead atoms. The third-order valence-corrected chi connectivity index (χ3v) is 5.72. The van der Waals surface area contributed by atoms with Crippen LogP contribution in [0.1, 0.15) is 16.9 Å². The van der Waals surface area contributed by atoms with Crippen LogP contribution in [-0.2, 0) is 19.9 Å². The summed E-state index contributed by atoms with van der Waals surface area (Å²) in [4.78, 5) is -0.113. The highest BCUT2D eigenvalue weighted by atomic mass is 32.2. The van der Waals surface area contributed by atoms with E-state index in [0.29, 0.717) is 11.3 Å². The highest BCUT2D eigenvalue weighted by Crippen LogP contribution is 2.26. The van der Waals surface area contributed by atoms with Gasteiger partial charge in [0.1, 0.15) is 5.76 Å². The molecule has 0 atom stereocenters. The molecule has 0 aliphatic rings. The molecule has 120 valence electrons. The van der Waals surface area contributed by atoms with E-state index in [1.807, 2.05) is 0 Å². The summed E-state index contributed by atoms with van der Waals surface area (Å²) in [5, 5.41) is 3.57. The normalized spacial score (nSPS) is 12.4. The number of nitrogens with one attached hydrogen (secondary N) is 1. The van der Waals surface area contributed by atoms with Crippen molar-refractivity contribution in [2.45, 2.75) is 30.6 Å². The Morgan fingerprint density at radius 2 is 1.59 bits per heavy atom. The van der Waals surface area contributed by atoms with E-state index >= 15 is 0 Å². The Balaban J connectivity index is 2.58. The summed E-state index contributed by atoms with van der Waals surface area (Å²) < 4.78 is 55.6. The van der Waals surface area contributed by atoms with Crippen LogP contribution in [0, 0.1) is 20.8 Å². The fourth-order valence-corrected chi connectivity index (χ4v) is 4.53. The van der Waals surface area contributed by atoms with Gasteiger partial charge < -0.3 is 4.52 Å². The number of benzene rings is 1. The number of nitrogens with zero attached hydrogens (tertiary/aromatic N) is 1. The number of aromatic nitrogens is 1. The predicted octanol–water partition coefficient (Wildman–Crippen LogP) is 1.80. The van der Waals surface area contributed by atoms with Gasteiger partial charge in [0.05, 0.1) is 9.79 Å². The van der Waals surface area contributed by atoms with E-state index in [-0.39, 0.29) is 21.2 Å². The molecular weight excluding hydrogens is 328 g/mol. The Kier molecular flexibility index (Phi) is 4.05. The van der Waals surface area contributed by atoms with Gasteiger partial charge in [0.15, 0.2) is 15.7 Å². The van der Waals surface area contributed by atoms with Crippen LogP contribution < -0.4 is 4.72 Å². The first-order chi connectivity index (χ1) is 10.0. The number of aryl methyl sites for hydroxylation is 2. The molecule has 0 fully saturated rings.